The van der Waals surface area contributed by atoms with Crippen LogP contribution in [0.2, 0.25) is 5.02 Å². The maximum absolute atomic E-state index is 12.4. The molecule has 0 aliphatic rings. The van der Waals surface area contributed by atoms with E-state index in [9.17, 15) is 4.79 Å². The molecule has 102 valence electrons. The van der Waals surface area contributed by atoms with Crippen LogP contribution in [0.1, 0.15) is 30.6 Å². The van der Waals surface area contributed by atoms with E-state index in [0.717, 1.165) is 6.42 Å². The molecule has 2 unspecified atom stereocenters. The Morgan fingerprint density at radius 3 is 2.74 bits per heavy atom. The van der Waals surface area contributed by atoms with Gasteiger partial charge in [0, 0.05) is 5.56 Å². The van der Waals surface area contributed by atoms with E-state index in [1.54, 1.807) is 18.2 Å². The summed E-state index contributed by atoms with van der Waals surface area (Å²) in [5.74, 6) is 0.539. The average molecular weight is 298 g/mol. The summed E-state index contributed by atoms with van der Waals surface area (Å²) in [6, 6.07) is 4.44. The summed E-state index contributed by atoms with van der Waals surface area (Å²) in [6.07, 6.45) is 0.834. The van der Waals surface area contributed by atoms with Crippen LogP contribution in [0.4, 0.5) is 0 Å². The highest BCUT2D eigenvalue weighted by Gasteiger charge is 2.24. The number of benzene rings is 1. The molecule has 0 saturated carbocycles. The molecule has 3 nitrogen and oxygen atoms in total. The quantitative estimate of drug-likeness (QED) is 0.452. The van der Waals surface area contributed by atoms with Crippen LogP contribution in [0, 0.1) is 5.92 Å². The van der Waals surface area contributed by atoms with Crippen molar-refractivity contribution in [2.75, 3.05) is 7.11 Å². The van der Waals surface area contributed by atoms with Crippen molar-refractivity contribution in [3.8, 4) is 5.75 Å². The van der Waals surface area contributed by atoms with Gasteiger partial charge in [-0.25, -0.2) is 4.99 Å². The molecule has 0 heterocycles. The molecule has 0 spiro atoms. The van der Waals surface area contributed by atoms with Crippen LogP contribution in [0.3, 0.4) is 0 Å². The largest absolute Gasteiger partial charge is 0.495 e. The fourth-order valence-electron chi connectivity index (χ4n) is 1.71. The smallest absolute Gasteiger partial charge is 0.188 e. The number of halogens is 1. The van der Waals surface area contributed by atoms with E-state index in [1.165, 1.54) is 7.11 Å². The van der Waals surface area contributed by atoms with Crippen molar-refractivity contribution in [2.45, 2.75) is 26.3 Å². The molecule has 5 heteroatoms. The number of thiocarbonyl (C=S) groups is 1. The summed E-state index contributed by atoms with van der Waals surface area (Å²) in [5.41, 5.74) is 0.505. The SMILES string of the molecule is CCC(C)C(N=C=S)C(=O)c1ccc(OC)c(Cl)c1. The molecule has 0 aromatic heterocycles. The topological polar surface area (TPSA) is 38.7 Å². The summed E-state index contributed by atoms with van der Waals surface area (Å²) in [4.78, 5) is 16.4. The Hall–Kier alpha value is -1.22. The van der Waals surface area contributed by atoms with Gasteiger partial charge in [-0.15, -0.1) is 0 Å². The van der Waals surface area contributed by atoms with Gasteiger partial charge in [-0.05, 0) is 36.3 Å². The van der Waals surface area contributed by atoms with Crippen LogP contribution in [0.25, 0.3) is 0 Å². The standard InChI is InChI=1S/C14H16ClNO2S/c1-4-9(2)13(16-8-19)14(17)10-5-6-12(18-3)11(15)7-10/h5-7,9,13H,4H2,1-3H3. The number of isothiocyanates is 1. The number of rotatable bonds is 6. The lowest BCUT2D eigenvalue weighted by atomic mass is 9.92. The van der Waals surface area contributed by atoms with Crippen LogP contribution in [0.15, 0.2) is 23.2 Å². The van der Waals surface area contributed by atoms with Crippen LogP contribution < -0.4 is 4.74 Å². The Bertz CT molecular complexity index is 512. The monoisotopic (exact) mass is 297 g/mol. The third-order valence-corrected chi connectivity index (χ3v) is 3.48. The van der Waals surface area contributed by atoms with Gasteiger partial charge < -0.3 is 4.74 Å². The Morgan fingerprint density at radius 1 is 1.58 bits per heavy atom. The van der Waals surface area contributed by atoms with Gasteiger partial charge in [0.1, 0.15) is 11.8 Å². The third-order valence-electron chi connectivity index (χ3n) is 3.08. The van der Waals surface area contributed by atoms with E-state index in [4.69, 9.17) is 16.3 Å². The highest BCUT2D eigenvalue weighted by molar-refractivity contribution is 7.78. The molecule has 0 bridgehead atoms. The van der Waals surface area contributed by atoms with Crippen LogP contribution in [-0.2, 0) is 0 Å². The maximum atomic E-state index is 12.4. The van der Waals surface area contributed by atoms with Gasteiger partial charge in [0.05, 0.1) is 17.3 Å². The number of ketones is 1. The zero-order valence-corrected chi connectivity index (χ0v) is 12.7. The third kappa shape index (κ3) is 3.87. The van der Waals surface area contributed by atoms with E-state index >= 15 is 0 Å². The van der Waals surface area contributed by atoms with Gasteiger partial charge in [0.2, 0.25) is 0 Å². The first-order valence-corrected chi connectivity index (χ1v) is 6.78. The summed E-state index contributed by atoms with van der Waals surface area (Å²) in [5, 5.41) is 2.71. The first-order valence-electron chi connectivity index (χ1n) is 5.99. The number of nitrogens with zero attached hydrogens (tertiary/aromatic N) is 1. The molecule has 0 amide bonds. The van der Waals surface area contributed by atoms with Gasteiger partial charge in [-0.3, -0.25) is 4.79 Å². The van der Waals surface area contributed by atoms with E-state index < -0.39 is 6.04 Å². The van der Waals surface area contributed by atoms with Crippen molar-refractivity contribution in [3.05, 3.63) is 28.8 Å². The summed E-state index contributed by atoms with van der Waals surface area (Å²) >= 11 is 10.6. The lowest BCUT2D eigenvalue weighted by Gasteiger charge is -2.16. The number of hydrogen-bond donors (Lipinski definition) is 0. The van der Waals surface area contributed by atoms with Gasteiger partial charge in [0.15, 0.2) is 5.78 Å². The Labute approximate surface area is 123 Å². The second kappa shape index (κ2) is 7.39. The molecule has 19 heavy (non-hydrogen) atoms. The zero-order chi connectivity index (χ0) is 14.4. The fraction of sp³-hybridized carbons (Fsp3) is 0.429. The number of aliphatic imine (C=N–C) groups is 1. The van der Waals surface area contributed by atoms with E-state index in [-0.39, 0.29) is 11.7 Å². The molecular formula is C14H16ClNO2S. The molecule has 1 aromatic carbocycles. The van der Waals surface area contributed by atoms with Crippen molar-refractivity contribution in [3.63, 3.8) is 0 Å². The summed E-state index contributed by atoms with van der Waals surface area (Å²) < 4.78 is 5.06. The first-order chi connectivity index (χ1) is 9.04. The van der Waals surface area contributed by atoms with Crippen molar-refractivity contribution in [1.82, 2.24) is 0 Å². The van der Waals surface area contributed by atoms with E-state index in [2.05, 4.69) is 22.4 Å². The van der Waals surface area contributed by atoms with E-state index in [0.29, 0.717) is 16.3 Å². The van der Waals surface area contributed by atoms with Gasteiger partial charge >= 0.3 is 0 Å². The Morgan fingerprint density at radius 2 is 2.26 bits per heavy atom. The molecule has 2 atom stereocenters. The van der Waals surface area contributed by atoms with Gasteiger partial charge in [-0.2, -0.15) is 0 Å². The number of methoxy groups -OCH3 is 1. The minimum absolute atomic E-state index is 0.101. The molecule has 1 aromatic rings. The van der Waals surface area contributed by atoms with Crippen LogP contribution in [0.5, 0.6) is 5.75 Å². The first kappa shape index (κ1) is 15.8. The van der Waals surface area contributed by atoms with Gasteiger partial charge in [-0.1, -0.05) is 31.9 Å². The molecule has 0 saturated heterocycles. The van der Waals surface area contributed by atoms with Crippen LogP contribution in [-0.4, -0.2) is 24.1 Å². The Kier molecular flexibility index (Phi) is 6.16. The van der Waals surface area contributed by atoms with Crippen molar-refractivity contribution in [2.24, 2.45) is 10.9 Å². The van der Waals surface area contributed by atoms with Crippen molar-refractivity contribution >= 4 is 34.8 Å². The number of carbonyl (C=O) groups excluding carboxylic acids is 1. The number of ether oxygens (including phenoxy) is 1. The molecule has 0 fully saturated rings. The highest BCUT2D eigenvalue weighted by Crippen LogP contribution is 2.26. The minimum atomic E-state index is -0.507. The fourth-order valence-corrected chi connectivity index (χ4v) is 2.09. The maximum Gasteiger partial charge on any atom is 0.188 e. The molecule has 1 rings (SSSR count). The predicted molar refractivity (Wildman–Crippen MR) is 80.6 cm³/mol. The molecular weight excluding hydrogens is 282 g/mol. The molecule has 0 radical (unpaired) electrons. The van der Waals surface area contributed by atoms with Crippen molar-refractivity contribution in [1.29, 1.82) is 0 Å². The lowest BCUT2D eigenvalue weighted by Crippen LogP contribution is -2.26. The lowest BCUT2D eigenvalue weighted by molar-refractivity contribution is 0.0937. The zero-order valence-electron chi connectivity index (χ0n) is 11.1. The second-order valence-electron chi connectivity index (χ2n) is 4.26. The van der Waals surface area contributed by atoms with Crippen molar-refractivity contribution < 1.29 is 9.53 Å². The van der Waals surface area contributed by atoms with Gasteiger partial charge in [0.25, 0.3) is 0 Å². The minimum Gasteiger partial charge on any atom is -0.495 e. The molecule has 0 aliphatic carbocycles. The normalized spacial score (nSPS) is 13.3. The highest BCUT2D eigenvalue weighted by atomic mass is 35.5. The number of hydrogen-bond acceptors (Lipinski definition) is 4. The average Bonchev–Trinajstić information content (AvgIpc) is 2.43. The Balaban J connectivity index is 3.09. The second-order valence-corrected chi connectivity index (χ2v) is 4.85. The summed E-state index contributed by atoms with van der Waals surface area (Å²) in [7, 11) is 1.53. The number of Topliss-reactive ketones (excluding diaryl/α,β-unsaturated/α-hetero) is 1. The van der Waals surface area contributed by atoms with E-state index in [1.807, 2.05) is 13.8 Å². The number of carbonyl (C=O) groups is 1. The molecule has 0 aliphatic heterocycles. The summed E-state index contributed by atoms with van der Waals surface area (Å²) in [6.45, 7) is 3.97. The molecule has 0 N–H and O–H groups in total. The predicted octanol–water partition coefficient (Wildman–Crippen LogP) is 4.05. The van der Waals surface area contributed by atoms with Crippen LogP contribution >= 0.6 is 23.8 Å².